The fraction of sp³-hybridized carbons (Fsp3) is 0.455. The number of carbonyl (C=O) groups is 1. The van der Waals surface area contributed by atoms with E-state index in [1.807, 2.05) is 12.3 Å². The fourth-order valence-corrected chi connectivity index (χ4v) is 3.41. The maximum Gasteiger partial charge on any atom is 0.252 e. The Morgan fingerprint density at radius 1 is 1.07 bits per heavy atom. The summed E-state index contributed by atoms with van der Waals surface area (Å²) in [6.45, 7) is 7.83. The summed E-state index contributed by atoms with van der Waals surface area (Å²) in [7, 11) is 0. The average molecular weight is 367 g/mol. The number of piperazine rings is 1. The van der Waals surface area contributed by atoms with E-state index in [0.29, 0.717) is 5.56 Å². The molecule has 1 aliphatic heterocycles. The van der Waals surface area contributed by atoms with Gasteiger partial charge in [0.05, 0.1) is 17.4 Å². The molecular formula is C22H30N4O. The maximum absolute atomic E-state index is 12.3. The minimum absolute atomic E-state index is 0.0248. The van der Waals surface area contributed by atoms with Crippen molar-refractivity contribution < 1.29 is 4.79 Å². The zero-order chi connectivity index (χ0) is 18.9. The predicted molar refractivity (Wildman–Crippen MR) is 110 cm³/mol. The third-order valence-corrected chi connectivity index (χ3v) is 5.04. The molecule has 0 saturated carbocycles. The molecule has 2 heterocycles. The van der Waals surface area contributed by atoms with Crippen molar-refractivity contribution in [3.63, 3.8) is 0 Å². The Hall–Kier alpha value is -2.40. The molecule has 5 heteroatoms. The fourth-order valence-electron chi connectivity index (χ4n) is 3.41. The lowest BCUT2D eigenvalue weighted by Gasteiger charge is -2.36. The summed E-state index contributed by atoms with van der Waals surface area (Å²) < 4.78 is 0. The van der Waals surface area contributed by atoms with Gasteiger partial charge in [0, 0.05) is 45.5 Å². The second-order valence-electron chi connectivity index (χ2n) is 7.14. The largest absolute Gasteiger partial charge is 0.368 e. The number of anilines is 1. The molecule has 0 bridgehead atoms. The van der Waals surface area contributed by atoms with E-state index in [1.54, 1.807) is 6.20 Å². The molecular weight excluding hydrogens is 336 g/mol. The Bertz CT molecular complexity index is 711. The summed E-state index contributed by atoms with van der Waals surface area (Å²) in [5.74, 6) is -0.0248. The van der Waals surface area contributed by atoms with E-state index in [9.17, 15) is 4.79 Å². The molecule has 1 amide bonds. The molecule has 1 saturated heterocycles. The summed E-state index contributed by atoms with van der Waals surface area (Å²) in [6, 6.07) is 12.6. The van der Waals surface area contributed by atoms with Crippen LogP contribution in [-0.4, -0.2) is 48.5 Å². The van der Waals surface area contributed by atoms with Crippen LogP contribution in [0.5, 0.6) is 0 Å². The molecule has 2 aromatic rings. The first-order valence-corrected chi connectivity index (χ1v) is 10.0. The van der Waals surface area contributed by atoms with Gasteiger partial charge in [0.2, 0.25) is 0 Å². The highest BCUT2D eigenvalue weighted by molar-refractivity contribution is 5.94. The summed E-state index contributed by atoms with van der Waals surface area (Å²) >= 11 is 0. The smallest absolute Gasteiger partial charge is 0.252 e. The summed E-state index contributed by atoms with van der Waals surface area (Å²) in [4.78, 5) is 21.4. The molecule has 0 unspecified atom stereocenters. The van der Waals surface area contributed by atoms with Gasteiger partial charge < -0.3 is 10.2 Å². The normalized spacial score (nSPS) is 14.9. The van der Waals surface area contributed by atoms with E-state index in [0.717, 1.165) is 64.2 Å². The van der Waals surface area contributed by atoms with Crippen LogP contribution in [0.4, 0.5) is 5.69 Å². The molecule has 0 aliphatic carbocycles. The van der Waals surface area contributed by atoms with Crippen molar-refractivity contribution in [1.82, 2.24) is 15.2 Å². The third kappa shape index (κ3) is 5.79. The van der Waals surface area contributed by atoms with Crippen LogP contribution in [-0.2, 0) is 6.54 Å². The van der Waals surface area contributed by atoms with Crippen molar-refractivity contribution in [3.05, 3.63) is 59.9 Å². The minimum Gasteiger partial charge on any atom is -0.368 e. The lowest BCUT2D eigenvalue weighted by Crippen LogP contribution is -2.46. The lowest BCUT2D eigenvalue weighted by molar-refractivity contribution is 0.0952. The van der Waals surface area contributed by atoms with E-state index in [-0.39, 0.29) is 5.91 Å². The second-order valence-corrected chi connectivity index (χ2v) is 7.14. The first kappa shape index (κ1) is 19.4. The molecule has 27 heavy (non-hydrogen) atoms. The van der Waals surface area contributed by atoms with Gasteiger partial charge in [-0.15, -0.1) is 0 Å². The number of nitrogens with one attached hydrogen (secondary N) is 1. The van der Waals surface area contributed by atoms with Gasteiger partial charge in [-0.05, 0) is 18.1 Å². The van der Waals surface area contributed by atoms with Gasteiger partial charge in [-0.3, -0.25) is 14.7 Å². The number of amides is 1. The first-order chi connectivity index (χ1) is 13.3. The molecule has 1 fully saturated rings. The van der Waals surface area contributed by atoms with Crippen molar-refractivity contribution in [2.24, 2.45) is 0 Å². The van der Waals surface area contributed by atoms with Crippen LogP contribution in [0.15, 0.2) is 48.8 Å². The van der Waals surface area contributed by atoms with Gasteiger partial charge in [-0.1, -0.05) is 50.1 Å². The number of hydrogen-bond donors (Lipinski definition) is 1. The second kappa shape index (κ2) is 10.1. The van der Waals surface area contributed by atoms with Gasteiger partial charge in [-0.25, -0.2) is 0 Å². The SMILES string of the molecule is CCCCCNC(=O)c1cncc(N2CCN(Cc3ccccc3)CC2)c1. The molecule has 1 aromatic carbocycles. The summed E-state index contributed by atoms with van der Waals surface area (Å²) in [5.41, 5.74) is 3.04. The number of benzene rings is 1. The van der Waals surface area contributed by atoms with Crippen molar-refractivity contribution in [2.45, 2.75) is 32.7 Å². The van der Waals surface area contributed by atoms with E-state index in [4.69, 9.17) is 0 Å². The van der Waals surface area contributed by atoms with Crippen LogP contribution in [0, 0.1) is 0 Å². The number of rotatable bonds is 8. The van der Waals surface area contributed by atoms with Crippen molar-refractivity contribution in [1.29, 1.82) is 0 Å². The van der Waals surface area contributed by atoms with Crippen LogP contribution in [0.3, 0.4) is 0 Å². The van der Waals surface area contributed by atoms with Crippen LogP contribution < -0.4 is 10.2 Å². The van der Waals surface area contributed by atoms with Crippen LogP contribution in [0.1, 0.15) is 42.1 Å². The Balaban J connectivity index is 1.51. The van der Waals surface area contributed by atoms with Gasteiger partial charge in [-0.2, -0.15) is 0 Å². The summed E-state index contributed by atoms with van der Waals surface area (Å²) in [5, 5.41) is 2.99. The van der Waals surface area contributed by atoms with Crippen LogP contribution >= 0.6 is 0 Å². The first-order valence-electron chi connectivity index (χ1n) is 10.0. The molecule has 0 spiro atoms. The zero-order valence-corrected chi connectivity index (χ0v) is 16.2. The number of hydrogen-bond acceptors (Lipinski definition) is 4. The van der Waals surface area contributed by atoms with E-state index in [2.05, 4.69) is 57.4 Å². The standard InChI is InChI=1S/C22H30N4O/c1-2-3-7-10-24-22(27)20-15-21(17-23-16-20)26-13-11-25(12-14-26)18-19-8-5-4-6-9-19/h4-6,8-9,15-17H,2-3,7,10-14,18H2,1H3,(H,24,27). The van der Waals surface area contributed by atoms with E-state index >= 15 is 0 Å². The summed E-state index contributed by atoms with van der Waals surface area (Å²) in [6.07, 6.45) is 6.85. The minimum atomic E-state index is -0.0248. The highest BCUT2D eigenvalue weighted by Crippen LogP contribution is 2.18. The molecule has 144 valence electrons. The van der Waals surface area contributed by atoms with Crippen molar-refractivity contribution >= 4 is 11.6 Å². The average Bonchev–Trinajstić information content (AvgIpc) is 2.72. The number of nitrogens with zero attached hydrogens (tertiary/aromatic N) is 3. The van der Waals surface area contributed by atoms with Gasteiger partial charge in [0.25, 0.3) is 5.91 Å². The molecule has 1 aliphatic rings. The number of aromatic nitrogens is 1. The van der Waals surface area contributed by atoms with Gasteiger partial charge in [0.15, 0.2) is 0 Å². The quantitative estimate of drug-likeness (QED) is 0.728. The Morgan fingerprint density at radius 2 is 1.85 bits per heavy atom. The number of pyridine rings is 1. The zero-order valence-electron chi connectivity index (χ0n) is 16.2. The molecule has 1 N–H and O–H groups in total. The van der Waals surface area contributed by atoms with Crippen molar-refractivity contribution in [3.8, 4) is 0 Å². The molecule has 1 aromatic heterocycles. The molecule has 3 rings (SSSR count). The van der Waals surface area contributed by atoms with E-state index < -0.39 is 0 Å². The predicted octanol–water partition coefficient (Wildman–Crippen LogP) is 3.32. The van der Waals surface area contributed by atoms with Crippen LogP contribution in [0.2, 0.25) is 0 Å². The van der Waals surface area contributed by atoms with E-state index in [1.165, 1.54) is 5.56 Å². The topological polar surface area (TPSA) is 48.5 Å². The molecule has 0 atom stereocenters. The van der Waals surface area contributed by atoms with Gasteiger partial charge >= 0.3 is 0 Å². The number of unbranched alkanes of at least 4 members (excludes halogenated alkanes) is 2. The maximum atomic E-state index is 12.3. The highest BCUT2D eigenvalue weighted by atomic mass is 16.1. The third-order valence-electron chi connectivity index (χ3n) is 5.04. The monoisotopic (exact) mass is 366 g/mol. The molecule has 0 radical (unpaired) electrons. The Labute approximate surface area is 162 Å². The van der Waals surface area contributed by atoms with Gasteiger partial charge in [0.1, 0.15) is 0 Å². The Kier molecular flexibility index (Phi) is 7.22. The highest BCUT2D eigenvalue weighted by Gasteiger charge is 2.18. The molecule has 5 nitrogen and oxygen atoms in total. The van der Waals surface area contributed by atoms with Crippen LogP contribution in [0.25, 0.3) is 0 Å². The Morgan fingerprint density at radius 3 is 2.59 bits per heavy atom. The van der Waals surface area contributed by atoms with Crippen molar-refractivity contribution in [2.75, 3.05) is 37.6 Å². The lowest BCUT2D eigenvalue weighted by atomic mass is 10.2. The number of carbonyl (C=O) groups excluding carboxylic acids is 1.